The van der Waals surface area contributed by atoms with Crippen molar-refractivity contribution < 1.29 is 0 Å². The third-order valence-electron chi connectivity index (χ3n) is 1.18. The smallest absolute Gasteiger partial charge is 0.0881 e. The molecule has 0 aromatic carbocycles. The van der Waals surface area contributed by atoms with Crippen LogP contribution in [-0.2, 0) is 0 Å². The molecule has 0 radical (unpaired) electrons. The molecule has 0 atom stereocenters. The topological polar surface area (TPSA) is 48.1 Å². The van der Waals surface area contributed by atoms with Crippen LogP contribution in [0.5, 0.6) is 0 Å². The van der Waals surface area contributed by atoms with E-state index in [1.807, 2.05) is 13.8 Å². The Hall–Kier alpha value is -0.160. The summed E-state index contributed by atoms with van der Waals surface area (Å²) < 4.78 is 0. The molecule has 1 saturated heterocycles. The van der Waals surface area contributed by atoms with Gasteiger partial charge in [0.05, 0.1) is 6.17 Å². The molecule has 1 heterocycles. The van der Waals surface area contributed by atoms with E-state index in [-0.39, 0.29) is 0 Å². The van der Waals surface area contributed by atoms with Gasteiger partial charge in [-0.2, -0.15) is 11.1 Å². The third kappa shape index (κ3) is 3.12. The van der Waals surface area contributed by atoms with E-state index in [2.05, 4.69) is 35.8 Å². The monoisotopic (exact) mass is 146 g/mol. The zero-order valence-electron chi connectivity index (χ0n) is 7.15. The average Bonchev–Trinajstić information content (AvgIpc) is 2.42. The molecule has 62 valence electrons. The molecule has 1 rings (SSSR count). The molecule has 0 aliphatic carbocycles. The highest BCUT2D eigenvalue weighted by Gasteiger charge is 2.14. The van der Waals surface area contributed by atoms with Crippen molar-refractivity contribution >= 4 is 0 Å². The van der Waals surface area contributed by atoms with Crippen LogP contribution in [0.4, 0.5) is 0 Å². The maximum atomic E-state index is 2.98. The van der Waals surface area contributed by atoms with E-state index in [0.717, 1.165) is 0 Å². The van der Waals surface area contributed by atoms with Crippen LogP contribution in [-0.4, -0.2) is 6.17 Å². The Labute approximate surface area is 62.7 Å². The highest BCUT2D eigenvalue weighted by atomic mass is 15.8. The fraction of sp³-hybridized carbons (Fsp3) is 1.00. The van der Waals surface area contributed by atoms with E-state index < -0.39 is 0 Å². The molecule has 1 aliphatic rings. The van der Waals surface area contributed by atoms with Gasteiger partial charge in [0.25, 0.3) is 0 Å². The zero-order chi connectivity index (χ0) is 7.98. The summed E-state index contributed by atoms with van der Waals surface area (Å²) in [7, 11) is 0. The first-order valence-electron chi connectivity index (χ1n) is 3.82. The Kier molecular flexibility index (Phi) is 5.52. The van der Waals surface area contributed by atoms with Gasteiger partial charge in [0.15, 0.2) is 0 Å². The van der Waals surface area contributed by atoms with Crippen LogP contribution in [0.3, 0.4) is 0 Å². The van der Waals surface area contributed by atoms with Gasteiger partial charge in [-0.3, -0.25) is 0 Å². The van der Waals surface area contributed by atoms with Gasteiger partial charge in [-0.15, -0.1) is 0 Å². The van der Waals surface area contributed by atoms with Gasteiger partial charge in [-0.1, -0.05) is 27.7 Å². The lowest BCUT2D eigenvalue weighted by Crippen LogP contribution is -2.38. The van der Waals surface area contributed by atoms with E-state index in [0.29, 0.717) is 12.1 Å². The first-order chi connectivity index (χ1) is 4.80. The average molecular weight is 146 g/mol. The first kappa shape index (κ1) is 9.84. The van der Waals surface area contributed by atoms with Crippen LogP contribution in [0.2, 0.25) is 0 Å². The van der Waals surface area contributed by atoms with Crippen LogP contribution >= 0.6 is 0 Å². The minimum absolute atomic E-state index is 0.343. The highest BCUT2D eigenvalue weighted by Crippen LogP contribution is 1.95. The summed E-state index contributed by atoms with van der Waals surface area (Å²) in [6.07, 6.45) is 0.343. The maximum Gasteiger partial charge on any atom is 0.0881 e. The largest absolute Gasteiger partial charge is 0.225 e. The van der Waals surface area contributed by atoms with Crippen molar-refractivity contribution in [3.05, 3.63) is 0 Å². The van der Waals surface area contributed by atoms with Crippen molar-refractivity contribution in [3.63, 3.8) is 0 Å². The summed E-state index contributed by atoms with van der Waals surface area (Å²) in [6.45, 7) is 8.28. The summed E-state index contributed by atoms with van der Waals surface area (Å²) in [6, 6.07) is 0. The van der Waals surface area contributed by atoms with Gasteiger partial charge >= 0.3 is 0 Å². The number of nitrogens with one attached hydrogen (secondary N) is 4. The van der Waals surface area contributed by atoms with Crippen molar-refractivity contribution in [1.82, 2.24) is 21.9 Å². The molecule has 10 heavy (non-hydrogen) atoms. The molecule has 0 amide bonds. The van der Waals surface area contributed by atoms with Crippen LogP contribution in [0.25, 0.3) is 0 Å². The SMILES string of the molecule is CC.CC(C)C1NNNN1. The van der Waals surface area contributed by atoms with Crippen LogP contribution < -0.4 is 21.9 Å². The van der Waals surface area contributed by atoms with Crippen molar-refractivity contribution in [3.8, 4) is 0 Å². The highest BCUT2D eigenvalue weighted by molar-refractivity contribution is 4.64. The number of rotatable bonds is 1. The minimum atomic E-state index is 0.343. The van der Waals surface area contributed by atoms with E-state index >= 15 is 0 Å². The van der Waals surface area contributed by atoms with E-state index in [1.54, 1.807) is 0 Å². The zero-order valence-corrected chi connectivity index (χ0v) is 7.15. The van der Waals surface area contributed by atoms with Crippen LogP contribution in [0.1, 0.15) is 27.7 Å². The Bertz CT molecular complexity index is 68.1. The number of hydrazine groups is 3. The number of hydrogen-bond donors (Lipinski definition) is 4. The van der Waals surface area contributed by atoms with Crippen molar-refractivity contribution in [2.45, 2.75) is 33.9 Å². The molecule has 0 aromatic heterocycles. The lowest BCUT2D eigenvalue weighted by atomic mass is 10.2. The summed E-state index contributed by atoms with van der Waals surface area (Å²) in [5.74, 6) is 0.595. The van der Waals surface area contributed by atoms with E-state index in [4.69, 9.17) is 0 Å². The molecular weight excluding hydrogens is 128 g/mol. The fourth-order valence-electron chi connectivity index (χ4n) is 0.597. The quantitative estimate of drug-likeness (QED) is 0.424. The molecule has 4 N–H and O–H groups in total. The van der Waals surface area contributed by atoms with E-state index in [1.165, 1.54) is 0 Å². The van der Waals surface area contributed by atoms with Crippen molar-refractivity contribution in [1.29, 1.82) is 0 Å². The standard InChI is InChI=1S/C4H12N4.C2H6/c1-3(2)4-5-7-8-6-4;1-2/h3-8H,1-2H3;1-2H3. The van der Waals surface area contributed by atoms with Crippen LogP contribution in [0, 0.1) is 5.92 Å². The van der Waals surface area contributed by atoms with Gasteiger partial charge in [0, 0.05) is 0 Å². The number of hydrogen-bond acceptors (Lipinski definition) is 4. The molecule has 1 aliphatic heterocycles. The lowest BCUT2D eigenvalue weighted by Gasteiger charge is -2.11. The second kappa shape index (κ2) is 5.61. The van der Waals surface area contributed by atoms with Gasteiger partial charge < -0.3 is 0 Å². The second-order valence-corrected chi connectivity index (χ2v) is 2.26. The first-order valence-corrected chi connectivity index (χ1v) is 3.82. The van der Waals surface area contributed by atoms with Crippen molar-refractivity contribution in [2.24, 2.45) is 5.92 Å². The van der Waals surface area contributed by atoms with Gasteiger partial charge in [0.2, 0.25) is 0 Å². The van der Waals surface area contributed by atoms with Crippen LogP contribution in [0.15, 0.2) is 0 Å². The second-order valence-electron chi connectivity index (χ2n) is 2.26. The molecule has 0 unspecified atom stereocenters. The Balaban J connectivity index is 0.000000371. The lowest BCUT2D eigenvalue weighted by molar-refractivity contribution is 0.398. The Morgan fingerprint density at radius 1 is 1.00 bits per heavy atom. The predicted octanol–water partition coefficient (Wildman–Crippen LogP) is 0.112. The van der Waals surface area contributed by atoms with E-state index in [9.17, 15) is 0 Å². The molecule has 4 nitrogen and oxygen atoms in total. The summed E-state index contributed by atoms with van der Waals surface area (Å²) in [5, 5.41) is 0. The summed E-state index contributed by atoms with van der Waals surface area (Å²) in [5.41, 5.74) is 11.5. The third-order valence-corrected chi connectivity index (χ3v) is 1.18. The molecular formula is C6H18N4. The van der Waals surface area contributed by atoms with Gasteiger partial charge in [0.1, 0.15) is 0 Å². The summed E-state index contributed by atoms with van der Waals surface area (Å²) in [4.78, 5) is 0. The predicted molar refractivity (Wildman–Crippen MR) is 42.5 cm³/mol. The molecule has 0 aromatic rings. The van der Waals surface area contributed by atoms with Gasteiger partial charge in [-0.05, 0) is 5.92 Å². The molecule has 0 spiro atoms. The molecule has 1 fully saturated rings. The molecule has 4 heteroatoms. The summed E-state index contributed by atoms with van der Waals surface area (Å²) >= 11 is 0. The maximum absolute atomic E-state index is 2.98. The molecule has 0 saturated carbocycles. The fourth-order valence-corrected chi connectivity index (χ4v) is 0.597. The molecule has 0 bridgehead atoms. The normalized spacial score (nSPS) is 18.9. The van der Waals surface area contributed by atoms with Crippen molar-refractivity contribution in [2.75, 3.05) is 0 Å². The Morgan fingerprint density at radius 2 is 1.40 bits per heavy atom. The minimum Gasteiger partial charge on any atom is -0.225 e. The Morgan fingerprint density at radius 3 is 1.60 bits per heavy atom. The van der Waals surface area contributed by atoms with Gasteiger partial charge in [-0.25, -0.2) is 10.9 Å².